The van der Waals surface area contributed by atoms with E-state index in [2.05, 4.69) is 11.1 Å². The zero-order chi connectivity index (χ0) is 19.4. The number of hydrogen-bond acceptors (Lipinski definition) is 5. The van der Waals surface area contributed by atoms with Gasteiger partial charge in [-0.1, -0.05) is 0 Å². The van der Waals surface area contributed by atoms with Crippen LogP contribution >= 0.6 is 0 Å². The molecule has 0 radical (unpaired) electrons. The molecule has 1 saturated carbocycles. The molecule has 28 heavy (non-hydrogen) atoms. The quantitative estimate of drug-likeness (QED) is 0.853. The Bertz CT molecular complexity index is 823. The minimum absolute atomic E-state index is 0.0538. The van der Waals surface area contributed by atoms with Crippen LogP contribution in [0.2, 0.25) is 0 Å². The Morgan fingerprint density at radius 3 is 2.43 bits per heavy atom. The van der Waals surface area contributed by atoms with Gasteiger partial charge in [0.05, 0.1) is 12.1 Å². The van der Waals surface area contributed by atoms with Gasteiger partial charge in [0.2, 0.25) is 5.91 Å². The molecule has 2 amide bonds. The number of aromatic nitrogens is 1. The molecule has 2 N–H and O–H groups in total. The van der Waals surface area contributed by atoms with E-state index in [1.807, 2.05) is 4.90 Å². The average molecular weight is 379 g/mol. The molecule has 5 unspecified atom stereocenters. The van der Waals surface area contributed by atoms with Crippen molar-refractivity contribution in [2.24, 2.45) is 17.6 Å². The number of carbonyl (C=O) groups is 2. The molecule has 4 fully saturated rings. The molecule has 4 aliphatic rings. The number of carbonyl (C=O) groups excluding carboxylic acids is 2. The van der Waals surface area contributed by atoms with Crippen molar-refractivity contribution >= 4 is 11.8 Å². The largest absolute Gasteiger partial charge is 0.333 e. The zero-order valence-corrected chi connectivity index (χ0v) is 15.8. The monoisotopic (exact) mass is 379 g/mol. The van der Waals surface area contributed by atoms with Gasteiger partial charge in [-0.25, -0.2) is 0 Å². The highest BCUT2D eigenvalue weighted by Gasteiger charge is 2.56. The van der Waals surface area contributed by atoms with Gasteiger partial charge >= 0.3 is 0 Å². The molecule has 146 valence electrons. The first-order valence-electron chi connectivity index (χ1n) is 10.3. The number of nitrogens with zero attached hydrogens (tertiary/aromatic N) is 4. The predicted molar refractivity (Wildman–Crippen MR) is 101 cm³/mol. The maximum Gasteiger partial charge on any atom is 0.254 e. The Hall–Kier alpha value is -2.46. The molecule has 1 aromatic heterocycles. The Balaban J connectivity index is 1.29. The maximum absolute atomic E-state index is 13.1. The minimum atomic E-state index is -0.573. The van der Waals surface area contributed by atoms with E-state index >= 15 is 0 Å². The molecule has 7 atom stereocenters. The second-order valence-electron chi connectivity index (χ2n) is 8.78. The third kappa shape index (κ3) is 2.70. The van der Waals surface area contributed by atoms with Crippen LogP contribution in [0.15, 0.2) is 24.5 Å². The second-order valence-corrected chi connectivity index (χ2v) is 8.78. The highest BCUT2D eigenvalue weighted by molar-refractivity contribution is 5.94. The number of hydrogen-bond donors (Lipinski definition) is 1. The van der Waals surface area contributed by atoms with E-state index in [-0.39, 0.29) is 41.9 Å². The van der Waals surface area contributed by atoms with Gasteiger partial charge < -0.3 is 15.5 Å². The fraction of sp³-hybridized carbons (Fsp3) is 0.619. The molecule has 7 heteroatoms. The standard InChI is InChI=1S/C21H25N5O2/c22-11-17-7-13-10-18(13)26(17)21(28)19(23)14-8-15-1-2-16(9-14)25(15)20(27)12-3-5-24-6-4-12/h3-6,13-19H,1-2,7-10,23H2/t13?,14?,15-,16?,17?,18?,19-/m0/s1. The second kappa shape index (κ2) is 6.56. The van der Waals surface area contributed by atoms with Crippen LogP contribution < -0.4 is 5.73 Å². The molecular formula is C21H25N5O2. The summed E-state index contributed by atoms with van der Waals surface area (Å²) in [5.41, 5.74) is 7.11. The summed E-state index contributed by atoms with van der Waals surface area (Å²) in [6, 6.07) is 5.41. The fourth-order valence-electron chi connectivity index (χ4n) is 5.75. The van der Waals surface area contributed by atoms with E-state index < -0.39 is 6.04 Å². The Morgan fingerprint density at radius 1 is 1.11 bits per heavy atom. The van der Waals surface area contributed by atoms with Crippen molar-refractivity contribution in [2.45, 2.75) is 68.7 Å². The topological polar surface area (TPSA) is 103 Å². The third-order valence-electron chi connectivity index (χ3n) is 7.23. The first-order valence-corrected chi connectivity index (χ1v) is 10.3. The van der Waals surface area contributed by atoms with Crippen molar-refractivity contribution in [1.29, 1.82) is 5.26 Å². The molecule has 1 aliphatic carbocycles. The summed E-state index contributed by atoms with van der Waals surface area (Å²) in [7, 11) is 0. The van der Waals surface area contributed by atoms with E-state index in [0.29, 0.717) is 11.5 Å². The van der Waals surface area contributed by atoms with Crippen LogP contribution in [-0.4, -0.2) is 56.8 Å². The van der Waals surface area contributed by atoms with E-state index in [1.165, 1.54) is 0 Å². The summed E-state index contributed by atoms with van der Waals surface area (Å²) >= 11 is 0. The fourth-order valence-corrected chi connectivity index (χ4v) is 5.75. The number of fused-ring (bicyclic) bond motifs is 3. The van der Waals surface area contributed by atoms with Crippen molar-refractivity contribution < 1.29 is 9.59 Å². The molecule has 0 aromatic carbocycles. The number of nitrogens with two attached hydrogens (primary N) is 1. The molecule has 4 heterocycles. The third-order valence-corrected chi connectivity index (χ3v) is 7.23. The van der Waals surface area contributed by atoms with Gasteiger partial charge in [0, 0.05) is 36.1 Å². The van der Waals surface area contributed by atoms with Crippen molar-refractivity contribution in [3.63, 3.8) is 0 Å². The number of likely N-dealkylation sites (tertiary alicyclic amines) is 1. The SMILES string of the molecule is N#CC1CC2CC2N1C(=O)[C@@H](N)C1CC2CC[C@@H](C1)N2C(=O)c1ccncc1. The van der Waals surface area contributed by atoms with Crippen LogP contribution in [-0.2, 0) is 4.79 Å². The van der Waals surface area contributed by atoms with Crippen molar-refractivity contribution in [1.82, 2.24) is 14.8 Å². The van der Waals surface area contributed by atoms with E-state index in [9.17, 15) is 14.9 Å². The van der Waals surface area contributed by atoms with Crippen molar-refractivity contribution in [3.05, 3.63) is 30.1 Å². The molecule has 3 aliphatic heterocycles. The predicted octanol–water partition coefficient (Wildman–Crippen LogP) is 1.31. The smallest absolute Gasteiger partial charge is 0.254 e. The number of rotatable bonds is 3. The first-order chi connectivity index (χ1) is 13.6. The number of amides is 2. The molecule has 1 aromatic rings. The lowest BCUT2D eigenvalue weighted by Crippen LogP contribution is -2.55. The summed E-state index contributed by atoms with van der Waals surface area (Å²) in [5, 5.41) is 9.38. The number of nitriles is 1. The molecule has 0 spiro atoms. The molecule has 7 nitrogen and oxygen atoms in total. The highest BCUT2D eigenvalue weighted by atomic mass is 16.2. The van der Waals surface area contributed by atoms with Gasteiger partial charge in [0.15, 0.2) is 0 Å². The molecule has 3 saturated heterocycles. The van der Waals surface area contributed by atoms with E-state index in [0.717, 1.165) is 38.5 Å². The Morgan fingerprint density at radius 2 is 1.79 bits per heavy atom. The summed E-state index contributed by atoms with van der Waals surface area (Å²) in [4.78, 5) is 33.8. The van der Waals surface area contributed by atoms with Gasteiger partial charge in [0.1, 0.15) is 6.04 Å². The van der Waals surface area contributed by atoms with Crippen LogP contribution in [0.1, 0.15) is 48.9 Å². The average Bonchev–Trinajstić information content (AvgIpc) is 3.32. The van der Waals surface area contributed by atoms with Gasteiger partial charge in [-0.15, -0.1) is 0 Å². The van der Waals surface area contributed by atoms with Crippen LogP contribution in [0.3, 0.4) is 0 Å². The molecule has 2 bridgehead atoms. The number of piperidine rings is 2. The van der Waals surface area contributed by atoms with Gasteiger partial charge in [-0.3, -0.25) is 14.6 Å². The lowest BCUT2D eigenvalue weighted by molar-refractivity contribution is -0.135. The van der Waals surface area contributed by atoms with E-state index in [4.69, 9.17) is 5.73 Å². The van der Waals surface area contributed by atoms with Crippen LogP contribution in [0.5, 0.6) is 0 Å². The highest BCUT2D eigenvalue weighted by Crippen LogP contribution is 2.48. The first kappa shape index (κ1) is 17.6. The molecule has 5 rings (SSSR count). The lowest BCUT2D eigenvalue weighted by atomic mass is 9.84. The lowest BCUT2D eigenvalue weighted by Gasteiger charge is -2.41. The zero-order valence-electron chi connectivity index (χ0n) is 15.8. The number of pyridine rings is 1. The van der Waals surface area contributed by atoms with Crippen molar-refractivity contribution in [2.75, 3.05) is 0 Å². The van der Waals surface area contributed by atoms with E-state index in [1.54, 1.807) is 29.4 Å². The molecular weight excluding hydrogens is 354 g/mol. The summed E-state index contributed by atoms with van der Waals surface area (Å²) < 4.78 is 0. The van der Waals surface area contributed by atoms with Crippen LogP contribution in [0.4, 0.5) is 0 Å². The van der Waals surface area contributed by atoms with Crippen molar-refractivity contribution in [3.8, 4) is 6.07 Å². The summed E-state index contributed by atoms with van der Waals surface area (Å²) in [6.07, 6.45) is 8.55. The van der Waals surface area contributed by atoms with Gasteiger partial charge in [-0.05, 0) is 62.5 Å². The van der Waals surface area contributed by atoms with Crippen LogP contribution in [0.25, 0.3) is 0 Å². The summed E-state index contributed by atoms with van der Waals surface area (Å²) in [5.74, 6) is 0.563. The normalized spacial score (nSPS) is 36.6. The van der Waals surface area contributed by atoms with Crippen LogP contribution in [0, 0.1) is 23.2 Å². The van der Waals surface area contributed by atoms with Gasteiger partial charge in [-0.2, -0.15) is 5.26 Å². The minimum Gasteiger partial charge on any atom is -0.333 e. The maximum atomic E-state index is 13.1. The summed E-state index contributed by atoms with van der Waals surface area (Å²) in [6.45, 7) is 0. The Kier molecular flexibility index (Phi) is 4.13. The Labute approximate surface area is 164 Å². The van der Waals surface area contributed by atoms with Gasteiger partial charge in [0.25, 0.3) is 5.91 Å².